The fourth-order valence-electron chi connectivity index (χ4n) is 2.17. The molecule has 1 aromatic rings. The van der Waals surface area contributed by atoms with Crippen molar-refractivity contribution in [1.29, 1.82) is 0 Å². The molecule has 0 aliphatic rings. The molecule has 0 aliphatic heterocycles. The molecule has 0 radical (unpaired) electrons. The molecular formula is C11H12Br5O3P. The van der Waals surface area contributed by atoms with Gasteiger partial charge in [0, 0.05) is 27.9 Å². The monoisotopic (exact) mass is 618 g/mol. The van der Waals surface area contributed by atoms with E-state index in [0.29, 0.717) is 36.3 Å². The molecule has 0 unspecified atom stereocenters. The van der Waals surface area contributed by atoms with Crippen LogP contribution in [0.1, 0.15) is 32.3 Å². The van der Waals surface area contributed by atoms with Crippen LogP contribution >= 0.6 is 87.2 Å². The molecule has 9 heteroatoms. The average molecular weight is 623 g/mol. The topological polar surface area (TPSA) is 57.5 Å². The number of halogens is 5. The van der Waals surface area contributed by atoms with Crippen molar-refractivity contribution in [1.82, 2.24) is 0 Å². The van der Waals surface area contributed by atoms with Gasteiger partial charge in [-0.1, -0.05) is 13.8 Å². The third-order valence-electron chi connectivity index (χ3n) is 3.40. The highest BCUT2D eigenvalue weighted by Gasteiger charge is 2.48. The lowest BCUT2D eigenvalue weighted by atomic mass is 9.92. The van der Waals surface area contributed by atoms with Crippen molar-refractivity contribution in [2.24, 2.45) is 0 Å². The van der Waals surface area contributed by atoms with Gasteiger partial charge in [-0.15, -0.1) is 0 Å². The number of hydrogen-bond acceptors (Lipinski definition) is 1. The first kappa shape index (κ1) is 19.8. The molecule has 1 rings (SSSR count). The van der Waals surface area contributed by atoms with E-state index in [1.807, 2.05) is 0 Å². The molecule has 0 bridgehead atoms. The van der Waals surface area contributed by atoms with Crippen LogP contribution < -0.4 is 0 Å². The second-order valence-corrected chi connectivity index (χ2v) is 10.1. The SMILES string of the molecule is CCC(CC)(c1c(Br)c(Br)c(Br)c(Br)c1Br)P(=O)(O)O. The molecule has 0 saturated carbocycles. The Bertz CT molecular complexity index is 551. The Morgan fingerprint density at radius 3 is 1.40 bits per heavy atom. The normalized spacial score (nSPS) is 12.8. The van der Waals surface area contributed by atoms with Gasteiger partial charge in [-0.05, 0) is 92.5 Å². The van der Waals surface area contributed by atoms with Crippen molar-refractivity contribution < 1.29 is 14.4 Å². The van der Waals surface area contributed by atoms with Gasteiger partial charge in [0.25, 0.3) is 0 Å². The summed E-state index contributed by atoms with van der Waals surface area (Å²) in [4.78, 5) is 19.8. The van der Waals surface area contributed by atoms with Crippen molar-refractivity contribution in [3.8, 4) is 0 Å². The van der Waals surface area contributed by atoms with Gasteiger partial charge < -0.3 is 9.79 Å². The third kappa shape index (κ3) is 3.18. The van der Waals surface area contributed by atoms with Crippen LogP contribution in [-0.2, 0) is 9.72 Å². The molecule has 1 aromatic carbocycles. The lowest BCUT2D eigenvalue weighted by molar-refractivity contribution is 0.314. The fraction of sp³-hybridized carbons (Fsp3) is 0.455. The molecule has 0 heterocycles. The molecule has 0 spiro atoms. The summed E-state index contributed by atoms with van der Waals surface area (Å²) < 4.78 is 15.6. The van der Waals surface area contributed by atoms with Crippen molar-refractivity contribution >= 4 is 87.2 Å². The zero-order valence-corrected chi connectivity index (χ0v) is 19.4. The van der Waals surface area contributed by atoms with E-state index in [1.54, 1.807) is 13.8 Å². The molecular weight excluding hydrogens is 611 g/mol. The molecule has 0 aliphatic carbocycles. The maximum Gasteiger partial charge on any atom is 0.336 e. The van der Waals surface area contributed by atoms with E-state index in [-0.39, 0.29) is 0 Å². The number of rotatable bonds is 4. The minimum Gasteiger partial charge on any atom is -0.324 e. The Labute approximate surface area is 160 Å². The maximum atomic E-state index is 12.1. The lowest BCUT2D eigenvalue weighted by Gasteiger charge is -2.35. The van der Waals surface area contributed by atoms with Gasteiger partial charge in [-0.3, -0.25) is 4.57 Å². The summed E-state index contributed by atoms with van der Waals surface area (Å²) in [5.41, 5.74) is 0.567. The molecule has 0 atom stereocenters. The van der Waals surface area contributed by atoms with E-state index in [2.05, 4.69) is 79.6 Å². The Hall–Kier alpha value is 1.77. The molecule has 3 nitrogen and oxygen atoms in total. The standard InChI is InChI=1S/C11H12Br5O3P/c1-3-11(4-2,20(17,18)19)5-6(12)8(14)10(16)9(15)7(5)13/h3-4H2,1-2H3,(H2,17,18,19). The Balaban J connectivity index is 3.90. The van der Waals surface area contributed by atoms with Crippen LogP contribution in [0.15, 0.2) is 22.4 Å². The summed E-state index contributed by atoms with van der Waals surface area (Å²) >= 11 is 17.2. The van der Waals surface area contributed by atoms with E-state index < -0.39 is 12.8 Å². The Morgan fingerprint density at radius 2 is 1.15 bits per heavy atom. The van der Waals surface area contributed by atoms with Crippen LogP contribution in [0.5, 0.6) is 0 Å². The largest absolute Gasteiger partial charge is 0.336 e. The predicted molar refractivity (Wildman–Crippen MR) is 99.2 cm³/mol. The van der Waals surface area contributed by atoms with Gasteiger partial charge >= 0.3 is 7.60 Å². The number of hydrogen-bond donors (Lipinski definition) is 2. The van der Waals surface area contributed by atoms with Crippen molar-refractivity contribution in [2.75, 3.05) is 0 Å². The van der Waals surface area contributed by atoms with E-state index in [1.165, 1.54) is 0 Å². The zero-order valence-electron chi connectivity index (χ0n) is 10.6. The third-order valence-corrected chi connectivity index (χ3v) is 11.5. The maximum absolute atomic E-state index is 12.1. The molecule has 0 amide bonds. The van der Waals surface area contributed by atoms with Crippen molar-refractivity contribution in [3.63, 3.8) is 0 Å². The highest BCUT2D eigenvalue weighted by atomic mass is 79.9. The molecule has 2 N–H and O–H groups in total. The average Bonchev–Trinajstić information content (AvgIpc) is 2.37. The summed E-state index contributed by atoms with van der Waals surface area (Å²) in [6, 6.07) is 0. The van der Waals surface area contributed by atoms with Gasteiger partial charge in [0.1, 0.15) is 0 Å². The quantitative estimate of drug-likeness (QED) is 0.224. The fourth-order valence-corrected chi connectivity index (χ4v) is 7.63. The van der Waals surface area contributed by atoms with E-state index in [4.69, 9.17) is 0 Å². The molecule has 0 saturated heterocycles. The first-order valence-electron chi connectivity index (χ1n) is 5.62. The molecule has 20 heavy (non-hydrogen) atoms. The van der Waals surface area contributed by atoms with Crippen LogP contribution in [0, 0.1) is 0 Å². The molecule has 0 fully saturated rings. The van der Waals surface area contributed by atoms with Crippen molar-refractivity contribution in [2.45, 2.75) is 31.8 Å². The summed E-state index contributed by atoms with van der Waals surface area (Å²) in [6.45, 7) is 3.57. The van der Waals surface area contributed by atoms with Crippen molar-refractivity contribution in [3.05, 3.63) is 27.9 Å². The zero-order chi connectivity index (χ0) is 15.9. The Morgan fingerprint density at radius 1 is 0.850 bits per heavy atom. The molecule has 114 valence electrons. The van der Waals surface area contributed by atoms with E-state index in [0.717, 1.165) is 4.47 Å². The summed E-state index contributed by atoms with van der Waals surface area (Å²) in [7, 11) is -4.35. The second-order valence-electron chi connectivity index (χ2n) is 4.23. The highest BCUT2D eigenvalue weighted by molar-refractivity contribution is 9.15. The molecule has 0 aromatic heterocycles. The summed E-state index contributed by atoms with van der Waals surface area (Å²) in [5, 5.41) is -1.24. The van der Waals surface area contributed by atoms with Gasteiger partial charge in [0.15, 0.2) is 0 Å². The minimum absolute atomic E-state index is 0.325. The van der Waals surface area contributed by atoms with Gasteiger partial charge in [0.2, 0.25) is 0 Å². The van der Waals surface area contributed by atoms with E-state index in [9.17, 15) is 14.4 Å². The van der Waals surface area contributed by atoms with Crippen LogP contribution in [0.3, 0.4) is 0 Å². The van der Waals surface area contributed by atoms with Crippen LogP contribution in [0.4, 0.5) is 0 Å². The number of benzene rings is 1. The van der Waals surface area contributed by atoms with Crippen LogP contribution in [0.2, 0.25) is 0 Å². The second kappa shape index (κ2) is 7.12. The lowest BCUT2D eigenvalue weighted by Crippen LogP contribution is -2.26. The Kier molecular flexibility index (Phi) is 7.05. The first-order valence-corrected chi connectivity index (χ1v) is 11.2. The van der Waals surface area contributed by atoms with E-state index >= 15 is 0 Å². The first-order chi connectivity index (χ1) is 9.05. The van der Waals surface area contributed by atoms with Gasteiger partial charge in [-0.2, -0.15) is 0 Å². The van der Waals surface area contributed by atoms with Crippen LogP contribution in [-0.4, -0.2) is 9.79 Å². The smallest absolute Gasteiger partial charge is 0.324 e. The van der Waals surface area contributed by atoms with Crippen LogP contribution in [0.25, 0.3) is 0 Å². The van der Waals surface area contributed by atoms with Gasteiger partial charge in [0.05, 0.1) is 5.16 Å². The summed E-state index contributed by atoms with van der Waals surface area (Å²) in [5.74, 6) is 0. The highest BCUT2D eigenvalue weighted by Crippen LogP contribution is 2.65. The van der Waals surface area contributed by atoms with Gasteiger partial charge in [-0.25, -0.2) is 0 Å². The predicted octanol–water partition coefficient (Wildman–Crippen LogP) is 6.69. The summed E-state index contributed by atoms with van der Waals surface area (Å²) in [6.07, 6.45) is 0.650. The minimum atomic E-state index is -4.35.